The average Bonchev–Trinajstić information content (AvgIpc) is 3.08. The number of aromatic hydroxyl groups is 2. The normalized spacial score (nSPS) is 12.2. The van der Waals surface area contributed by atoms with Crippen LogP contribution in [0.3, 0.4) is 0 Å². The van der Waals surface area contributed by atoms with Crippen molar-refractivity contribution in [2.45, 2.75) is 26.4 Å². The lowest BCUT2D eigenvalue weighted by Crippen LogP contribution is -2.09. The molecule has 0 saturated carbocycles. The van der Waals surface area contributed by atoms with Crippen molar-refractivity contribution < 1.29 is 14.9 Å². The van der Waals surface area contributed by atoms with Crippen molar-refractivity contribution in [3.63, 3.8) is 0 Å². The molecule has 0 aliphatic carbocycles. The van der Waals surface area contributed by atoms with Crippen LogP contribution in [0.5, 0.6) is 17.2 Å². The summed E-state index contributed by atoms with van der Waals surface area (Å²) in [7, 11) is 0. The highest BCUT2D eigenvalue weighted by Crippen LogP contribution is 2.34. The summed E-state index contributed by atoms with van der Waals surface area (Å²) in [6.07, 6.45) is 1.07. The van der Waals surface area contributed by atoms with Crippen LogP contribution in [0.1, 0.15) is 20.3 Å². The maximum absolute atomic E-state index is 10.3. The molecule has 0 fully saturated rings. The molecule has 0 saturated heterocycles. The minimum atomic E-state index is -0.0790. The van der Waals surface area contributed by atoms with Gasteiger partial charge >= 0.3 is 0 Å². The van der Waals surface area contributed by atoms with Crippen molar-refractivity contribution in [1.82, 2.24) is 14.8 Å². The quantitative estimate of drug-likeness (QED) is 0.389. The number of rotatable bonds is 5. The number of nitrogens with zero attached hydrogens (tertiary/aromatic N) is 2. The fourth-order valence-corrected chi connectivity index (χ4v) is 3.47. The van der Waals surface area contributed by atoms with E-state index < -0.39 is 0 Å². The fraction of sp³-hybridized carbons (Fsp3) is 0.182. The smallest absolute Gasteiger partial charge is 0.200 e. The van der Waals surface area contributed by atoms with Crippen LogP contribution in [0.25, 0.3) is 27.8 Å². The number of hydrogen-bond acceptors (Lipinski definition) is 5. The van der Waals surface area contributed by atoms with Crippen molar-refractivity contribution in [3.8, 4) is 34.3 Å². The van der Waals surface area contributed by atoms with E-state index in [1.807, 2.05) is 43.3 Å². The molecule has 1 heterocycles. The maximum Gasteiger partial charge on any atom is 0.200 e. The number of phenols is 2. The molecule has 3 N–H and O–H groups in total. The van der Waals surface area contributed by atoms with Crippen LogP contribution >= 0.6 is 12.2 Å². The number of aromatic nitrogens is 3. The van der Waals surface area contributed by atoms with Crippen molar-refractivity contribution in [2.75, 3.05) is 0 Å². The molecule has 1 atom stereocenters. The van der Waals surface area contributed by atoms with E-state index in [0.29, 0.717) is 16.2 Å². The summed E-state index contributed by atoms with van der Waals surface area (Å²) in [5, 5.41) is 29.0. The van der Waals surface area contributed by atoms with Gasteiger partial charge in [-0.2, -0.15) is 5.10 Å². The lowest BCUT2D eigenvalue weighted by molar-refractivity contribution is 0.218. The molecule has 4 rings (SSSR count). The first kappa shape index (κ1) is 19.0. The first-order chi connectivity index (χ1) is 14.0. The highest BCUT2D eigenvalue weighted by molar-refractivity contribution is 7.71. The SMILES string of the molecule is CCC(C)Oc1ccc2c(-n3c(-c4ccc(O)cc4O)n[nH]c3=S)cccc2c1. The minimum Gasteiger partial charge on any atom is -0.508 e. The Kier molecular flexibility index (Phi) is 4.98. The summed E-state index contributed by atoms with van der Waals surface area (Å²) >= 11 is 5.47. The molecule has 0 radical (unpaired) electrons. The second-order valence-electron chi connectivity index (χ2n) is 6.89. The number of ether oxygens (including phenoxy) is 1. The molecule has 7 heteroatoms. The van der Waals surface area contributed by atoms with E-state index in [1.54, 1.807) is 10.6 Å². The molecule has 1 aromatic heterocycles. The molecule has 0 aliphatic rings. The predicted octanol–water partition coefficient (Wildman–Crippen LogP) is 5.34. The number of nitrogens with one attached hydrogen (secondary N) is 1. The Labute approximate surface area is 173 Å². The van der Waals surface area contributed by atoms with Gasteiger partial charge < -0.3 is 14.9 Å². The molecule has 4 aromatic rings. The Hall–Kier alpha value is -3.32. The second-order valence-corrected chi connectivity index (χ2v) is 7.27. The largest absolute Gasteiger partial charge is 0.508 e. The third-order valence-electron chi connectivity index (χ3n) is 4.88. The number of benzene rings is 3. The Morgan fingerprint density at radius 1 is 1.14 bits per heavy atom. The molecule has 1 unspecified atom stereocenters. The number of fused-ring (bicyclic) bond motifs is 1. The van der Waals surface area contributed by atoms with E-state index in [4.69, 9.17) is 17.0 Å². The van der Waals surface area contributed by atoms with E-state index in [-0.39, 0.29) is 17.6 Å². The Morgan fingerprint density at radius 3 is 2.72 bits per heavy atom. The summed E-state index contributed by atoms with van der Waals surface area (Å²) in [5.41, 5.74) is 1.29. The van der Waals surface area contributed by atoms with E-state index in [1.165, 1.54) is 12.1 Å². The molecule has 0 amide bonds. The monoisotopic (exact) mass is 407 g/mol. The Morgan fingerprint density at radius 2 is 1.97 bits per heavy atom. The summed E-state index contributed by atoms with van der Waals surface area (Å²) in [4.78, 5) is 0. The average molecular weight is 407 g/mol. The van der Waals surface area contributed by atoms with Crippen LogP contribution in [0, 0.1) is 4.77 Å². The highest BCUT2D eigenvalue weighted by Gasteiger charge is 2.16. The van der Waals surface area contributed by atoms with Crippen LogP contribution in [0.15, 0.2) is 54.6 Å². The van der Waals surface area contributed by atoms with E-state index in [9.17, 15) is 10.2 Å². The summed E-state index contributed by atoms with van der Waals surface area (Å²) in [6, 6.07) is 16.2. The zero-order valence-corrected chi connectivity index (χ0v) is 16.9. The molecule has 0 spiro atoms. The Balaban J connectivity index is 1.88. The number of hydrogen-bond donors (Lipinski definition) is 3. The first-order valence-electron chi connectivity index (χ1n) is 9.37. The van der Waals surface area contributed by atoms with Gasteiger partial charge in [-0.1, -0.05) is 19.1 Å². The maximum atomic E-state index is 10.3. The van der Waals surface area contributed by atoms with Gasteiger partial charge in [-0.05, 0) is 67.3 Å². The van der Waals surface area contributed by atoms with Crippen molar-refractivity contribution in [3.05, 3.63) is 59.4 Å². The van der Waals surface area contributed by atoms with Gasteiger partial charge in [0.25, 0.3) is 0 Å². The third kappa shape index (κ3) is 3.56. The van der Waals surface area contributed by atoms with E-state index >= 15 is 0 Å². The first-order valence-corrected chi connectivity index (χ1v) is 9.78. The molecular weight excluding hydrogens is 386 g/mol. The molecule has 3 aromatic carbocycles. The molecule has 0 aliphatic heterocycles. The summed E-state index contributed by atoms with van der Waals surface area (Å²) < 4.78 is 8.12. The number of H-pyrrole nitrogens is 1. The minimum absolute atomic E-state index is 0.0223. The van der Waals surface area contributed by atoms with E-state index in [2.05, 4.69) is 17.1 Å². The predicted molar refractivity (Wildman–Crippen MR) is 115 cm³/mol. The van der Waals surface area contributed by atoms with Crippen molar-refractivity contribution in [2.24, 2.45) is 0 Å². The van der Waals surface area contributed by atoms with E-state index in [0.717, 1.165) is 28.6 Å². The van der Waals surface area contributed by atoms with Crippen molar-refractivity contribution >= 4 is 23.0 Å². The van der Waals surface area contributed by atoms with Gasteiger partial charge in [-0.25, -0.2) is 0 Å². The molecule has 6 nitrogen and oxygen atoms in total. The fourth-order valence-electron chi connectivity index (χ4n) is 3.24. The van der Waals surface area contributed by atoms with Gasteiger partial charge in [0.2, 0.25) is 0 Å². The number of aromatic amines is 1. The second kappa shape index (κ2) is 7.60. The summed E-state index contributed by atoms with van der Waals surface area (Å²) in [5.74, 6) is 1.17. The lowest BCUT2D eigenvalue weighted by atomic mass is 10.1. The van der Waals surface area contributed by atoms with Crippen LogP contribution in [0.4, 0.5) is 0 Å². The van der Waals surface area contributed by atoms with Crippen LogP contribution < -0.4 is 4.74 Å². The van der Waals surface area contributed by atoms with Gasteiger partial charge in [0.15, 0.2) is 10.6 Å². The van der Waals surface area contributed by atoms with Gasteiger partial charge in [-0.15, -0.1) is 0 Å². The zero-order chi connectivity index (χ0) is 20.5. The topological polar surface area (TPSA) is 83.3 Å². The third-order valence-corrected chi connectivity index (χ3v) is 5.15. The van der Waals surface area contributed by atoms with Gasteiger partial charge in [-0.3, -0.25) is 9.67 Å². The zero-order valence-electron chi connectivity index (χ0n) is 16.1. The molecule has 0 bridgehead atoms. The lowest BCUT2D eigenvalue weighted by Gasteiger charge is -2.15. The molecule has 29 heavy (non-hydrogen) atoms. The van der Waals surface area contributed by atoms with Crippen LogP contribution in [-0.2, 0) is 0 Å². The standard InChI is InChI=1S/C22H21N3O3S/c1-3-13(2)28-16-8-10-17-14(11-16)5-4-6-19(17)25-21(23-24-22(25)29)18-9-7-15(26)12-20(18)27/h4-13,26-27H,3H2,1-2H3,(H,24,29). The van der Waals surface area contributed by atoms with Crippen LogP contribution in [0.2, 0.25) is 0 Å². The van der Waals surface area contributed by atoms with Gasteiger partial charge in [0.05, 0.1) is 17.4 Å². The number of phenolic OH excluding ortho intramolecular Hbond substituents is 2. The van der Waals surface area contributed by atoms with Crippen LogP contribution in [-0.4, -0.2) is 31.1 Å². The molecular formula is C22H21N3O3S. The van der Waals surface area contributed by atoms with Gasteiger partial charge in [0.1, 0.15) is 17.2 Å². The van der Waals surface area contributed by atoms with Crippen molar-refractivity contribution in [1.29, 1.82) is 0 Å². The highest BCUT2D eigenvalue weighted by atomic mass is 32.1. The van der Waals surface area contributed by atoms with Gasteiger partial charge in [0, 0.05) is 11.5 Å². The Bertz CT molecular complexity index is 1250. The molecule has 148 valence electrons. The summed E-state index contributed by atoms with van der Waals surface area (Å²) in [6.45, 7) is 4.13.